The van der Waals surface area contributed by atoms with Crippen LogP contribution in [0.3, 0.4) is 0 Å². The topological polar surface area (TPSA) is 111 Å². The van der Waals surface area contributed by atoms with E-state index in [2.05, 4.69) is 10.6 Å². The van der Waals surface area contributed by atoms with E-state index in [1.807, 2.05) is 0 Å². The van der Waals surface area contributed by atoms with Gasteiger partial charge in [0.1, 0.15) is 0 Å². The van der Waals surface area contributed by atoms with Crippen molar-refractivity contribution in [2.45, 2.75) is 44.2 Å². The fourth-order valence-electron chi connectivity index (χ4n) is 2.83. The molecule has 3 amide bonds. The Bertz CT molecular complexity index is 615. The van der Waals surface area contributed by atoms with Gasteiger partial charge in [-0.25, -0.2) is 4.79 Å². The number of benzene rings is 1. The SMILES string of the molecule is NC(=O)N[C@H](CC(=O)OCC(=O)NC1CCCC1)c1ccc(Cl)cc1. The number of carbonyl (C=O) groups is 3. The molecule has 0 spiro atoms. The van der Waals surface area contributed by atoms with Crippen molar-refractivity contribution < 1.29 is 19.1 Å². The second-order valence-corrected chi connectivity index (χ2v) is 6.46. The molecule has 0 aliphatic heterocycles. The third kappa shape index (κ3) is 6.62. The molecule has 1 aliphatic rings. The summed E-state index contributed by atoms with van der Waals surface area (Å²) in [6.45, 7) is -0.334. The van der Waals surface area contributed by atoms with Gasteiger partial charge in [0.15, 0.2) is 6.61 Å². The Morgan fingerprint density at radius 3 is 2.44 bits per heavy atom. The Hall–Kier alpha value is -2.28. The van der Waals surface area contributed by atoms with E-state index in [9.17, 15) is 14.4 Å². The first-order valence-corrected chi connectivity index (χ1v) is 8.58. The lowest BCUT2D eigenvalue weighted by Gasteiger charge is -2.17. The van der Waals surface area contributed by atoms with E-state index in [1.54, 1.807) is 24.3 Å². The minimum absolute atomic E-state index is 0.138. The number of nitrogens with two attached hydrogens (primary N) is 1. The molecular formula is C17H22ClN3O4. The van der Waals surface area contributed by atoms with Crippen LogP contribution in [0, 0.1) is 0 Å². The molecule has 0 saturated heterocycles. The average Bonchev–Trinajstić information content (AvgIpc) is 3.05. The zero-order valence-electron chi connectivity index (χ0n) is 13.8. The second-order valence-electron chi connectivity index (χ2n) is 6.03. The van der Waals surface area contributed by atoms with Crippen LogP contribution in [0.15, 0.2) is 24.3 Å². The van der Waals surface area contributed by atoms with Crippen molar-refractivity contribution in [3.63, 3.8) is 0 Å². The molecule has 0 aromatic heterocycles. The number of carbonyl (C=O) groups excluding carboxylic acids is 3. The summed E-state index contributed by atoms with van der Waals surface area (Å²) in [7, 11) is 0. The molecule has 7 nitrogen and oxygen atoms in total. The number of ether oxygens (including phenoxy) is 1. The lowest BCUT2D eigenvalue weighted by atomic mass is 10.0. The molecule has 136 valence electrons. The monoisotopic (exact) mass is 367 g/mol. The minimum Gasteiger partial charge on any atom is -0.456 e. The Labute approximate surface area is 151 Å². The highest BCUT2D eigenvalue weighted by molar-refractivity contribution is 6.30. The number of nitrogens with one attached hydrogen (secondary N) is 2. The van der Waals surface area contributed by atoms with E-state index in [0.29, 0.717) is 10.6 Å². The van der Waals surface area contributed by atoms with Gasteiger partial charge < -0.3 is 21.1 Å². The van der Waals surface area contributed by atoms with E-state index >= 15 is 0 Å². The lowest BCUT2D eigenvalue weighted by molar-refractivity contribution is -0.149. The van der Waals surface area contributed by atoms with Gasteiger partial charge in [-0.05, 0) is 30.5 Å². The van der Waals surface area contributed by atoms with Crippen molar-refractivity contribution in [1.82, 2.24) is 10.6 Å². The molecule has 1 atom stereocenters. The van der Waals surface area contributed by atoms with Crippen LogP contribution in [0.4, 0.5) is 4.79 Å². The number of hydrogen-bond acceptors (Lipinski definition) is 4. The molecule has 0 unspecified atom stereocenters. The lowest BCUT2D eigenvalue weighted by Crippen LogP contribution is -2.37. The highest BCUT2D eigenvalue weighted by atomic mass is 35.5. The third-order valence-corrected chi connectivity index (χ3v) is 4.30. The van der Waals surface area contributed by atoms with Crippen LogP contribution in [-0.2, 0) is 14.3 Å². The normalized spacial score (nSPS) is 15.4. The van der Waals surface area contributed by atoms with Crippen LogP contribution in [-0.4, -0.2) is 30.6 Å². The maximum Gasteiger partial charge on any atom is 0.312 e. The van der Waals surface area contributed by atoms with Gasteiger partial charge in [-0.3, -0.25) is 9.59 Å². The maximum absolute atomic E-state index is 12.0. The van der Waals surface area contributed by atoms with E-state index in [1.165, 1.54) is 0 Å². The van der Waals surface area contributed by atoms with Gasteiger partial charge in [-0.15, -0.1) is 0 Å². The molecule has 8 heteroatoms. The van der Waals surface area contributed by atoms with E-state index in [0.717, 1.165) is 25.7 Å². The van der Waals surface area contributed by atoms with Crippen molar-refractivity contribution in [3.8, 4) is 0 Å². The molecular weight excluding hydrogens is 346 g/mol. The molecule has 1 aromatic carbocycles. The van der Waals surface area contributed by atoms with Crippen LogP contribution in [0.2, 0.25) is 5.02 Å². The number of primary amides is 1. The molecule has 4 N–H and O–H groups in total. The molecule has 0 radical (unpaired) electrons. The standard InChI is InChI=1S/C17H22ClN3O4/c18-12-7-5-11(6-8-12)14(21-17(19)24)9-16(23)25-10-15(22)20-13-3-1-2-4-13/h5-8,13-14H,1-4,9-10H2,(H,20,22)(H3,19,21,24)/t14-/m1/s1. The Kier molecular flexibility index (Phi) is 7.06. The van der Waals surface area contributed by atoms with E-state index in [-0.39, 0.29) is 25.0 Å². The zero-order chi connectivity index (χ0) is 18.2. The summed E-state index contributed by atoms with van der Waals surface area (Å²) in [6, 6.07) is 5.42. The molecule has 0 heterocycles. The first kappa shape index (κ1) is 19.1. The summed E-state index contributed by atoms with van der Waals surface area (Å²) in [5.74, 6) is -0.915. The molecule has 0 bridgehead atoms. The average molecular weight is 368 g/mol. The van der Waals surface area contributed by atoms with Crippen LogP contribution < -0.4 is 16.4 Å². The van der Waals surface area contributed by atoms with Crippen molar-refractivity contribution >= 4 is 29.5 Å². The molecule has 1 fully saturated rings. The fraction of sp³-hybridized carbons (Fsp3) is 0.471. The number of hydrogen-bond donors (Lipinski definition) is 3. The van der Waals surface area contributed by atoms with Gasteiger partial charge in [-0.2, -0.15) is 0 Å². The summed E-state index contributed by atoms with van der Waals surface area (Å²) < 4.78 is 5.00. The largest absolute Gasteiger partial charge is 0.456 e. The van der Waals surface area contributed by atoms with Gasteiger partial charge in [0.2, 0.25) is 0 Å². The first-order chi connectivity index (χ1) is 11.9. The van der Waals surface area contributed by atoms with Crippen LogP contribution in [0.5, 0.6) is 0 Å². The fourth-order valence-corrected chi connectivity index (χ4v) is 2.96. The second kappa shape index (κ2) is 9.27. The summed E-state index contributed by atoms with van der Waals surface area (Å²) in [6.07, 6.45) is 3.99. The first-order valence-electron chi connectivity index (χ1n) is 8.20. The molecule has 2 rings (SSSR count). The molecule has 25 heavy (non-hydrogen) atoms. The van der Waals surface area contributed by atoms with Gasteiger partial charge >= 0.3 is 12.0 Å². The Morgan fingerprint density at radius 1 is 1.20 bits per heavy atom. The highest BCUT2D eigenvalue weighted by Crippen LogP contribution is 2.20. The Balaban J connectivity index is 1.84. The van der Waals surface area contributed by atoms with E-state index < -0.39 is 18.0 Å². The van der Waals surface area contributed by atoms with Crippen molar-refractivity contribution in [2.75, 3.05) is 6.61 Å². The number of halogens is 1. The smallest absolute Gasteiger partial charge is 0.312 e. The number of amides is 3. The quantitative estimate of drug-likeness (QED) is 0.640. The number of rotatable bonds is 7. The Morgan fingerprint density at radius 2 is 1.84 bits per heavy atom. The van der Waals surface area contributed by atoms with Crippen molar-refractivity contribution in [1.29, 1.82) is 0 Å². The molecule has 1 saturated carbocycles. The minimum atomic E-state index is -0.758. The molecule has 1 aliphatic carbocycles. The van der Waals surface area contributed by atoms with Crippen molar-refractivity contribution in [2.24, 2.45) is 5.73 Å². The van der Waals surface area contributed by atoms with Gasteiger partial charge in [-0.1, -0.05) is 36.6 Å². The summed E-state index contributed by atoms with van der Waals surface area (Å²) in [4.78, 5) is 34.9. The van der Waals surface area contributed by atoms with E-state index in [4.69, 9.17) is 22.1 Å². The van der Waals surface area contributed by atoms with Crippen LogP contribution >= 0.6 is 11.6 Å². The maximum atomic E-state index is 12.0. The van der Waals surface area contributed by atoms with Crippen LogP contribution in [0.1, 0.15) is 43.7 Å². The number of esters is 1. The molecule has 1 aromatic rings. The van der Waals surface area contributed by atoms with Crippen molar-refractivity contribution in [3.05, 3.63) is 34.9 Å². The predicted molar refractivity (Wildman–Crippen MR) is 92.9 cm³/mol. The van der Waals surface area contributed by atoms with Crippen LogP contribution in [0.25, 0.3) is 0 Å². The number of urea groups is 1. The van der Waals surface area contributed by atoms with Gasteiger partial charge in [0.25, 0.3) is 5.91 Å². The summed E-state index contributed by atoms with van der Waals surface area (Å²) in [5.41, 5.74) is 5.82. The van der Waals surface area contributed by atoms with Gasteiger partial charge in [0, 0.05) is 11.1 Å². The summed E-state index contributed by atoms with van der Waals surface area (Å²) >= 11 is 5.83. The third-order valence-electron chi connectivity index (χ3n) is 4.04. The zero-order valence-corrected chi connectivity index (χ0v) is 14.6. The predicted octanol–water partition coefficient (Wildman–Crippen LogP) is 2.04. The highest BCUT2D eigenvalue weighted by Gasteiger charge is 2.21. The van der Waals surface area contributed by atoms with Gasteiger partial charge in [0.05, 0.1) is 12.5 Å². The summed E-state index contributed by atoms with van der Waals surface area (Å²) in [5, 5.41) is 5.86.